The molecular weight excluding hydrogens is 292 g/mol. The summed E-state index contributed by atoms with van der Waals surface area (Å²) in [5.74, 6) is -0.727. The zero-order valence-electron chi connectivity index (χ0n) is 12.1. The van der Waals surface area contributed by atoms with E-state index in [1.165, 1.54) is 6.20 Å². The molecule has 5 nitrogen and oxygen atoms in total. The summed E-state index contributed by atoms with van der Waals surface area (Å²) in [5.41, 5.74) is 2.36. The Kier molecular flexibility index (Phi) is 3.89. The lowest BCUT2D eigenvalue weighted by Crippen LogP contribution is -2.04. The highest BCUT2D eigenvalue weighted by atomic mass is 16.5. The van der Waals surface area contributed by atoms with Gasteiger partial charge in [-0.1, -0.05) is 36.4 Å². The number of hydrogen-bond acceptors (Lipinski definition) is 5. The van der Waals surface area contributed by atoms with Crippen LogP contribution in [-0.2, 0) is 11.3 Å². The van der Waals surface area contributed by atoms with Crippen molar-refractivity contribution in [2.45, 2.75) is 6.61 Å². The quantitative estimate of drug-likeness (QED) is 0.406. The van der Waals surface area contributed by atoms with Crippen LogP contribution in [0.25, 0.3) is 0 Å². The van der Waals surface area contributed by atoms with Gasteiger partial charge in [0.2, 0.25) is 5.78 Å². The number of fused-ring (bicyclic) bond motifs is 1. The van der Waals surface area contributed by atoms with Gasteiger partial charge in [-0.15, -0.1) is 0 Å². The van der Waals surface area contributed by atoms with Crippen molar-refractivity contribution in [1.29, 1.82) is 5.26 Å². The number of nitrogens with zero attached hydrogens (tertiary/aromatic N) is 1. The molecule has 23 heavy (non-hydrogen) atoms. The maximum absolute atomic E-state index is 12.2. The van der Waals surface area contributed by atoms with Crippen LogP contribution in [0.5, 0.6) is 0 Å². The molecule has 1 aliphatic rings. The molecule has 2 aromatic carbocycles. The highest BCUT2D eigenvalue weighted by molar-refractivity contribution is 6.11. The predicted molar refractivity (Wildman–Crippen MR) is 83.7 cm³/mol. The summed E-state index contributed by atoms with van der Waals surface area (Å²) in [5, 5.41) is 12.1. The molecule has 0 atom stereocenters. The van der Waals surface area contributed by atoms with Crippen LogP contribution in [-0.4, -0.2) is 11.8 Å². The third kappa shape index (κ3) is 2.97. The number of Topliss-reactive ketones (excluding diaryl/α,β-unsaturated/α-hetero) is 1. The first-order valence-corrected chi connectivity index (χ1v) is 6.95. The van der Waals surface area contributed by atoms with Crippen LogP contribution in [0.1, 0.15) is 26.3 Å². The van der Waals surface area contributed by atoms with Gasteiger partial charge in [0.1, 0.15) is 18.2 Å². The number of carbonyl (C=O) groups excluding carboxylic acids is 2. The zero-order chi connectivity index (χ0) is 16.2. The molecule has 2 aromatic rings. The number of benzene rings is 2. The first kappa shape index (κ1) is 14.5. The summed E-state index contributed by atoms with van der Waals surface area (Å²) in [6, 6.07) is 15.7. The molecular formula is C18H12N2O3. The Bertz CT molecular complexity index is 848. The van der Waals surface area contributed by atoms with Gasteiger partial charge >= 0.3 is 5.97 Å². The third-order valence-corrected chi connectivity index (χ3v) is 3.47. The number of allylic oxidation sites excluding steroid dienone is 1. The number of ketones is 1. The number of anilines is 1. The second-order valence-electron chi connectivity index (χ2n) is 4.96. The molecule has 1 N–H and O–H groups in total. The van der Waals surface area contributed by atoms with Gasteiger partial charge in [0.15, 0.2) is 0 Å². The average molecular weight is 304 g/mol. The van der Waals surface area contributed by atoms with Gasteiger partial charge in [0.05, 0.1) is 5.56 Å². The van der Waals surface area contributed by atoms with E-state index in [4.69, 9.17) is 4.74 Å². The fourth-order valence-electron chi connectivity index (χ4n) is 2.25. The van der Waals surface area contributed by atoms with Crippen molar-refractivity contribution in [3.63, 3.8) is 0 Å². The van der Waals surface area contributed by atoms with Crippen LogP contribution < -0.4 is 5.32 Å². The van der Waals surface area contributed by atoms with E-state index >= 15 is 0 Å². The normalized spacial score (nSPS) is 13.0. The van der Waals surface area contributed by atoms with Crippen molar-refractivity contribution in [1.82, 2.24) is 0 Å². The molecule has 5 heteroatoms. The van der Waals surface area contributed by atoms with Crippen molar-refractivity contribution < 1.29 is 14.3 Å². The molecule has 0 radical (unpaired) electrons. The van der Waals surface area contributed by atoms with E-state index in [2.05, 4.69) is 5.32 Å². The Balaban J connectivity index is 1.81. The van der Waals surface area contributed by atoms with Gasteiger partial charge in [-0.05, 0) is 12.1 Å². The molecule has 0 bridgehead atoms. The average Bonchev–Trinajstić information content (AvgIpc) is 2.97. The summed E-state index contributed by atoms with van der Waals surface area (Å²) in [4.78, 5) is 23.8. The first-order valence-electron chi connectivity index (χ1n) is 6.95. The first-order chi connectivity index (χ1) is 11.2. The molecule has 0 aliphatic carbocycles. The summed E-state index contributed by atoms with van der Waals surface area (Å²) >= 11 is 0. The molecule has 0 amide bonds. The third-order valence-electron chi connectivity index (χ3n) is 3.47. The molecule has 0 unspecified atom stereocenters. The molecule has 0 aromatic heterocycles. The van der Waals surface area contributed by atoms with Gasteiger partial charge < -0.3 is 10.1 Å². The number of hydrogen-bond donors (Lipinski definition) is 1. The number of rotatable bonds is 4. The smallest absolute Gasteiger partial charge is 0.338 e. The molecule has 0 spiro atoms. The molecule has 1 heterocycles. The van der Waals surface area contributed by atoms with Crippen molar-refractivity contribution in [2.75, 3.05) is 5.32 Å². The lowest BCUT2D eigenvalue weighted by Gasteiger charge is -2.04. The number of carbonyl (C=O) groups is 2. The van der Waals surface area contributed by atoms with E-state index in [-0.39, 0.29) is 23.9 Å². The number of cyclic esters (lactones) is 1. The van der Waals surface area contributed by atoms with Crippen LogP contribution in [0, 0.1) is 11.3 Å². The van der Waals surface area contributed by atoms with Gasteiger partial charge in [-0.2, -0.15) is 5.26 Å². The standard InChI is InChI=1S/C18H12N2O3/c19-9-14(17(21)12-4-2-1-3-5-12)10-20-15-7-6-13-11-23-18(22)16(13)8-15/h1-8,10,20H,11H2/b14-10+. The fraction of sp³-hybridized carbons (Fsp3) is 0.0556. The second-order valence-corrected chi connectivity index (χ2v) is 4.96. The summed E-state index contributed by atoms with van der Waals surface area (Å²) in [7, 11) is 0. The Hall–Kier alpha value is -3.39. The van der Waals surface area contributed by atoms with Crippen LogP contribution in [0.15, 0.2) is 60.3 Å². The minimum atomic E-state index is -0.367. The van der Waals surface area contributed by atoms with Crippen molar-refractivity contribution >= 4 is 17.4 Å². The Labute approximate surface area is 132 Å². The molecule has 3 rings (SSSR count). The number of nitriles is 1. The van der Waals surface area contributed by atoms with Gasteiger partial charge in [-0.25, -0.2) is 4.79 Å². The topological polar surface area (TPSA) is 79.2 Å². The highest BCUT2D eigenvalue weighted by Crippen LogP contribution is 2.23. The Morgan fingerprint density at radius 3 is 2.74 bits per heavy atom. The van der Waals surface area contributed by atoms with Crippen LogP contribution in [0.3, 0.4) is 0 Å². The van der Waals surface area contributed by atoms with Crippen molar-refractivity contribution in [3.05, 3.63) is 77.0 Å². The molecule has 0 fully saturated rings. The molecule has 0 saturated carbocycles. The Morgan fingerprint density at radius 1 is 1.22 bits per heavy atom. The minimum Gasteiger partial charge on any atom is -0.457 e. The van der Waals surface area contributed by atoms with Crippen LogP contribution >= 0.6 is 0 Å². The van der Waals surface area contributed by atoms with E-state index in [0.717, 1.165) is 5.56 Å². The van der Waals surface area contributed by atoms with Crippen molar-refractivity contribution in [2.24, 2.45) is 0 Å². The molecule has 1 aliphatic heterocycles. The second kappa shape index (κ2) is 6.16. The van der Waals surface area contributed by atoms with Gasteiger partial charge in [0.25, 0.3) is 0 Å². The monoisotopic (exact) mass is 304 g/mol. The summed E-state index contributed by atoms with van der Waals surface area (Å²) < 4.78 is 4.93. The summed E-state index contributed by atoms with van der Waals surface area (Å²) in [6.07, 6.45) is 1.34. The SMILES string of the molecule is N#C/C(=C\Nc1ccc2c(c1)C(=O)OC2)C(=O)c1ccccc1. The Morgan fingerprint density at radius 2 is 2.00 bits per heavy atom. The van der Waals surface area contributed by atoms with Gasteiger partial charge in [0, 0.05) is 23.0 Å². The number of ether oxygens (including phenoxy) is 1. The summed E-state index contributed by atoms with van der Waals surface area (Å²) in [6.45, 7) is 0.278. The van der Waals surface area contributed by atoms with E-state index in [9.17, 15) is 14.9 Å². The van der Waals surface area contributed by atoms with E-state index in [0.29, 0.717) is 16.8 Å². The van der Waals surface area contributed by atoms with E-state index in [1.807, 2.05) is 6.07 Å². The predicted octanol–water partition coefficient (Wildman–Crippen LogP) is 3.06. The largest absolute Gasteiger partial charge is 0.457 e. The molecule has 112 valence electrons. The maximum Gasteiger partial charge on any atom is 0.338 e. The number of esters is 1. The lowest BCUT2D eigenvalue weighted by atomic mass is 10.1. The van der Waals surface area contributed by atoms with Crippen molar-refractivity contribution in [3.8, 4) is 6.07 Å². The number of nitrogens with one attached hydrogen (secondary N) is 1. The van der Waals surface area contributed by atoms with Crippen LogP contribution in [0.4, 0.5) is 5.69 Å². The minimum absolute atomic E-state index is 0.0146. The molecule has 0 saturated heterocycles. The maximum atomic E-state index is 12.2. The van der Waals surface area contributed by atoms with E-state index in [1.54, 1.807) is 48.5 Å². The van der Waals surface area contributed by atoms with Crippen LogP contribution in [0.2, 0.25) is 0 Å². The highest BCUT2D eigenvalue weighted by Gasteiger charge is 2.21. The van der Waals surface area contributed by atoms with E-state index < -0.39 is 0 Å². The lowest BCUT2D eigenvalue weighted by molar-refractivity contribution is 0.0535. The zero-order valence-corrected chi connectivity index (χ0v) is 12.1. The fourth-order valence-corrected chi connectivity index (χ4v) is 2.25. The van der Waals surface area contributed by atoms with Gasteiger partial charge in [-0.3, -0.25) is 4.79 Å².